The van der Waals surface area contributed by atoms with Crippen molar-refractivity contribution >= 4 is 29.3 Å². The zero-order valence-corrected chi connectivity index (χ0v) is 21.4. The molecular formula is C29H29ClN2O3. The first-order valence-corrected chi connectivity index (χ1v) is 11.7. The molecule has 5 nitrogen and oxygen atoms in total. The standard InChI is InChI=1S/C29H29ClN2O3/c1-6-34-27-15-22(13-24(16-31)29(33)32-25-8-7-20(4)21(5)12-25)14-26(30)28(27)35-17-23-10-18(2)9-19(3)11-23/h7-15H,6,17H2,1-5H3,(H,32,33)/b24-13+. The zero-order chi connectivity index (χ0) is 25.5. The van der Waals surface area contributed by atoms with Crippen LogP contribution in [-0.4, -0.2) is 12.5 Å². The van der Waals surface area contributed by atoms with E-state index in [1.54, 1.807) is 18.2 Å². The van der Waals surface area contributed by atoms with E-state index in [9.17, 15) is 10.1 Å². The summed E-state index contributed by atoms with van der Waals surface area (Å²) in [4.78, 5) is 12.7. The lowest BCUT2D eigenvalue weighted by atomic mass is 10.1. The van der Waals surface area contributed by atoms with Gasteiger partial charge in [0.25, 0.3) is 5.91 Å². The molecule has 0 radical (unpaired) electrons. The predicted molar refractivity (Wildman–Crippen MR) is 141 cm³/mol. The van der Waals surface area contributed by atoms with Crippen molar-refractivity contribution in [3.05, 3.63) is 92.5 Å². The number of halogens is 1. The number of amides is 1. The molecule has 0 aliphatic carbocycles. The third-order valence-corrected chi connectivity index (χ3v) is 5.72. The molecule has 0 fully saturated rings. The van der Waals surface area contributed by atoms with Crippen LogP contribution in [0.1, 0.15) is 40.3 Å². The molecule has 0 bridgehead atoms. The third kappa shape index (κ3) is 6.88. The number of rotatable bonds is 8. The highest BCUT2D eigenvalue weighted by molar-refractivity contribution is 6.32. The van der Waals surface area contributed by atoms with Gasteiger partial charge < -0.3 is 14.8 Å². The highest BCUT2D eigenvalue weighted by Crippen LogP contribution is 2.38. The van der Waals surface area contributed by atoms with Crippen LogP contribution in [0.2, 0.25) is 5.02 Å². The smallest absolute Gasteiger partial charge is 0.266 e. The van der Waals surface area contributed by atoms with Gasteiger partial charge in [0, 0.05) is 5.69 Å². The summed E-state index contributed by atoms with van der Waals surface area (Å²) < 4.78 is 11.8. The second-order valence-electron chi connectivity index (χ2n) is 8.47. The molecule has 0 saturated carbocycles. The van der Waals surface area contributed by atoms with Crippen molar-refractivity contribution in [2.45, 2.75) is 41.2 Å². The highest BCUT2D eigenvalue weighted by Gasteiger charge is 2.15. The minimum atomic E-state index is -0.500. The minimum absolute atomic E-state index is 0.0503. The Balaban J connectivity index is 1.85. The fourth-order valence-electron chi connectivity index (χ4n) is 3.71. The normalized spacial score (nSPS) is 11.1. The first kappa shape index (κ1) is 25.9. The summed E-state index contributed by atoms with van der Waals surface area (Å²) in [5.74, 6) is 0.366. The Labute approximate surface area is 212 Å². The Hall–Kier alpha value is -3.75. The van der Waals surface area contributed by atoms with Crippen molar-refractivity contribution in [1.29, 1.82) is 5.26 Å². The number of nitrogens with one attached hydrogen (secondary N) is 1. The van der Waals surface area contributed by atoms with E-state index in [1.807, 2.05) is 52.8 Å². The molecule has 0 atom stereocenters. The van der Waals surface area contributed by atoms with Crippen LogP contribution >= 0.6 is 11.6 Å². The van der Waals surface area contributed by atoms with Gasteiger partial charge in [0.2, 0.25) is 0 Å². The van der Waals surface area contributed by atoms with E-state index in [2.05, 4.69) is 23.5 Å². The van der Waals surface area contributed by atoms with Crippen LogP contribution in [0.15, 0.2) is 54.1 Å². The average Bonchev–Trinajstić information content (AvgIpc) is 2.79. The second-order valence-corrected chi connectivity index (χ2v) is 8.88. The van der Waals surface area contributed by atoms with E-state index < -0.39 is 5.91 Å². The Morgan fingerprint density at radius 3 is 2.34 bits per heavy atom. The summed E-state index contributed by atoms with van der Waals surface area (Å²) in [6, 6.07) is 17.2. The number of carbonyl (C=O) groups is 1. The van der Waals surface area contributed by atoms with Gasteiger partial charge in [-0.3, -0.25) is 4.79 Å². The van der Waals surface area contributed by atoms with Gasteiger partial charge >= 0.3 is 0 Å². The first-order valence-electron chi connectivity index (χ1n) is 11.4. The summed E-state index contributed by atoms with van der Waals surface area (Å²) in [7, 11) is 0. The topological polar surface area (TPSA) is 71.3 Å². The van der Waals surface area contributed by atoms with Gasteiger partial charge in [-0.05, 0) is 87.2 Å². The Morgan fingerprint density at radius 1 is 1.00 bits per heavy atom. The van der Waals surface area contributed by atoms with Crippen molar-refractivity contribution in [3.8, 4) is 17.6 Å². The van der Waals surface area contributed by atoms with E-state index in [0.717, 1.165) is 27.8 Å². The number of aryl methyl sites for hydroxylation is 4. The summed E-state index contributed by atoms with van der Waals surface area (Å²) >= 11 is 6.55. The van der Waals surface area contributed by atoms with Crippen LogP contribution in [0.5, 0.6) is 11.5 Å². The number of hydrogen-bond donors (Lipinski definition) is 1. The van der Waals surface area contributed by atoms with Gasteiger partial charge in [0.15, 0.2) is 11.5 Å². The van der Waals surface area contributed by atoms with Crippen LogP contribution in [-0.2, 0) is 11.4 Å². The molecule has 0 saturated heterocycles. The molecule has 6 heteroatoms. The van der Waals surface area contributed by atoms with E-state index in [0.29, 0.717) is 41.0 Å². The SMILES string of the molecule is CCOc1cc(/C=C(\C#N)C(=O)Nc2ccc(C)c(C)c2)cc(Cl)c1OCc1cc(C)cc(C)c1. The molecule has 0 aliphatic rings. The second kappa shape index (κ2) is 11.6. The van der Waals surface area contributed by atoms with Crippen LogP contribution in [0.25, 0.3) is 6.08 Å². The molecule has 3 aromatic carbocycles. The quantitative estimate of drug-likeness (QED) is 0.271. The maximum Gasteiger partial charge on any atom is 0.266 e. The van der Waals surface area contributed by atoms with Gasteiger partial charge in [0.05, 0.1) is 11.6 Å². The highest BCUT2D eigenvalue weighted by atomic mass is 35.5. The number of anilines is 1. The fourth-order valence-corrected chi connectivity index (χ4v) is 3.99. The molecule has 0 aliphatic heterocycles. The lowest BCUT2D eigenvalue weighted by Crippen LogP contribution is -2.13. The summed E-state index contributed by atoms with van der Waals surface area (Å²) in [6.45, 7) is 10.6. The van der Waals surface area contributed by atoms with E-state index in [-0.39, 0.29) is 5.57 Å². The molecule has 35 heavy (non-hydrogen) atoms. The number of nitrogens with zero attached hydrogens (tertiary/aromatic N) is 1. The van der Waals surface area contributed by atoms with Crippen LogP contribution in [0, 0.1) is 39.0 Å². The number of carbonyl (C=O) groups excluding carboxylic acids is 1. The molecule has 1 N–H and O–H groups in total. The van der Waals surface area contributed by atoms with E-state index in [1.165, 1.54) is 6.08 Å². The fraction of sp³-hybridized carbons (Fsp3) is 0.241. The molecule has 0 aromatic heterocycles. The maximum absolute atomic E-state index is 12.7. The van der Waals surface area contributed by atoms with Crippen molar-refractivity contribution in [2.24, 2.45) is 0 Å². The van der Waals surface area contributed by atoms with Gasteiger partial charge in [0.1, 0.15) is 18.2 Å². The third-order valence-electron chi connectivity index (χ3n) is 5.44. The molecule has 0 spiro atoms. The van der Waals surface area contributed by atoms with Gasteiger partial charge in [-0.25, -0.2) is 0 Å². The number of benzene rings is 3. The van der Waals surface area contributed by atoms with Crippen LogP contribution < -0.4 is 14.8 Å². The molecule has 3 rings (SSSR count). The monoisotopic (exact) mass is 488 g/mol. The van der Waals surface area contributed by atoms with Crippen molar-refractivity contribution in [1.82, 2.24) is 0 Å². The molecular weight excluding hydrogens is 460 g/mol. The number of ether oxygens (including phenoxy) is 2. The first-order chi connectivity index (χ1) is 16.7. The molecule has 3 aromatic rings. The van der Waals surface area contributed by atoms with Crippen molar-refractivity contribution < 1.29 is 14.3 Å². The molecule has 180 valence electrons. The Morgan fingerprint density at radius 2 is 1.71 bits per heavy atom. The molecule has 1 amide bonds. The van der Waals surface area contributed by atoms with Crippen LogP contribution in [0.3, 0.4) is 0 Å². The van der Waals surface area contributed by atoms with Gasteiger partial charge in [-0.1, -0.05) is 47.0 Å². The Kier molecular flexibility index (Phi) is 8.57. The minimum Gasteiger partial charge on any atom is -0.490 e. The summed E-state index contributed by atoms with van der Waals surface area (Å²) in [5.41, 5.74) is 6.65. The van der Waals surface area contributed by atoms with E-state index in [4.69, 9.17) is 21.1 Å². The van der Waals surface area contributed by atoms with E-state index >= 15 is 0 Å². The number of nitriles is 1. The number of hydrogen-bond acceptors (Lipinski definition) is 4. The van der Waals surface area contributed by atoms with Crippen molar-refractivity contribution in [3.63, 3.8) is 0 Å². The predicted octanol–water partition coefficient (Wildman–Crippen LogP) is 7.10. The summed E-state index contributed by atoms with van der Waals surface area (Å²) in [5, 5.41) is 12.7. The molecule has 0 heterocycles. The average molecular weight is 489 g/mol. The maximum atomic E-state index is 12.7. The zero-order valence-electron chi connectivity index (χ0n) is 20.7. The van der Waals surface area contributed by atoms with Gasteiger partial charge in [-0.15, -0.1) is 0 Å². The van der Waals surface area contributed by atoms with Crippen molar-refractivity contribution in [2.75, 3.05) is 11.9 Å². The molecule has 0 unspecified atom stereocenters. The lowest BCUT2D eigenvalue weighted by molar-refractivity contribution is -0.112. The largest absolute Gasteiger partial charge is 0.490 e. The van der Waals surface area contributed by atoms with Gasteiger partial charge in [-0.2, -0.15) is 5.26 Å². The van der Waals surface area contributed by atoms with Crippen LogP contribution in [0.4, 0.5) is 5.69 Å². The lowest BCUT2D eigenvalue weighted by Gasteiger charge is -2.15. The summed E-state index contributed by atoms with van der Waals surface area (Å²) in [6.07, 6.45) is 1.48. The Bertz CT molecular complexity index is 1300.